The molecule has 2 aromatic rings. The lowest BCUT2D eigenvalue weighted by molar-refractivity contribution is 0.471. The summed E-state index contributed by atoms with van der Waals surface area (Å²) in [4.78, 5) is 19.2. The Kier molecular flexibility index (Phi) is 4.73. The van der Waals surface area contributed by atoms with Crippen LogP contribution in [0.3, 0.4) is 0 Å². The minimum atomic E-state index is -0.0438. The third-order valence-electron chi connectivity index (χ3n) is 3.35. The molecule has 20 heavy (non-hydrogen) atoms. The molecule has 0 bridgehead atoms. The van der Waals surface area contributed by atoms with Gasteiger partial charge < -0.3 is 10.3 Å². The predicted octanol–water partition coefficient (Wildman–Crippen LogP) is 2.73. The van der Waals surface area contributed by atoms with Crippen LogP contribution in [0.2, 0.25) is 0 Å². The van der Waals surface area contributed by atoms with Gasteiger partial charge in [-0.25, -0.2) is 4.98 Å². The van der Waals surface area contributed by atoms with Crippen molar-refractivity contribution in [2.75, 3.05) is 0 Å². The first-order valence-corrected chi connectivity index (χ1v) is 7.76. The average molecular weight is 291 g/mol. The molecule has 0 aliphatic rings. The number of aromatic nitrogens is 2. The van der Waals surface area contributed by atoms with Crippen LogP contribution in [0.5, 0.6) is 0 Å². The van der Waals surface area contributed by atoms with E-state index in [4.69, 9.17) is 0 Å². The first kappa shape index (κ1) is 14.9. The number of aromatic amines is 1. The summed E-state index contributed by atoms with van der Waals surface area (Å²) in [6, 6.07) is 2.43. The SMILES string of the molecule is Cc1nc(C)c(C(C)NC(C)Cc2ccsc2)c(=O)[nH]1. The molecule has 2 atom stereocenters. The highest BCUT2D eigenvalue weighted by Gasteiger charge is 2.16. The maximum absolute atomic E-state index is 12.1. The van der Waals surface area contributed by atoms with Gasteiger partial charge in [0, 0.05) is 17.8 Å². The molecule has 0 aliphatic heterocycles. The monoisotopic (exact) mass is 291 g/mol. The Balaban J connectivity index is 2.08. The van der Waals surface area contributed by atoms with Gasteiger partial charge in [0.15, 0.2) is 0 Å². The van der Waals surface area contributed by atoms with E-state index in [1.54, 1.807) is 18.3 Å². The van der Waals surface area contributed by atoms with E-state index in [0.717, 1.165) is 17.7 Å². The van der Waals surface area contributed by atoms with E-state index in [1.807, 2.05) is 13.8 Å². The lowest BCUT2D eigenvalue weighted by Crippen LogP contribution is -2.34. The highest BCUT2D eigenvalue weighted by molar-refractivity contribution is 7.07. The van der Waals surface area contributed by atoms with Crippen LogP contribution in [0.1, 0.15) is 42.5 Å². The van der Waals surface area contributed by atoms with Crippen LogP contribution < -0.4 is 10.9 Å². The Bertz CT molecular complexity index is 619. The molecule has 5 heteroatoms. The summed E-state index contributed by atoms with van der Waals surface area (Å²) < 4.78 is 0. The van der Waals surface area contributed by atoms with E-state index in [1.165, 1.54) is 5.56 Å². The minimum Gasteiger partial charge on any atom is -0.310 e. The smallest absolute Gasteiger partial charge is 0.255 e. The van der Waals surface area contributed by atoms with Gasteiger partial charge in [0.25, 0.3) is 5.56 Å². The summed E-state index contributed by atoms with van der Waals surface area (Å²) in [6.45, 7) is 7.84. The molecular formula is C15H21N3OS. The second-order valence-electron chi connectivity index (χ2n) is 5.28. The van der Waals surface area contributed by atoms with Crippen molar-refractivity contribution in [3.63, 3.8) is 0 Å². The zero-order valence-corrected chi connectivity index (χ0v) is 13.2. The Morgan fingerprint density at radius 3 is 2.75 bits per heavy atom. The summed E-state index contributed by atoms with van der Waals surface area (Å²) in [6.07, 6.45) is 0.962. The Labute approximate surface area is 123 Å². The number of H-pyrrole nitrogens is 1. The summed E-state index contributed by atoms with van der Waals surface area (Å²) in [7, 11) is 0. The van der Waals surface area contributed by atoms with Gasteiger partial charge in [-0.1, -0.05) is 0 Å². The molecule has 0 aliphatic carbocycles. The molecule has 0 amide bonds. The van der Waals surface area contributed by atoms with Gasteiger partial charge >= 0.3 is 0 Å². The van der Waals surface area contributed by atoms with Crippen LogP contribution in [0.25, 0.3) is 0 Å². The second-order valence-corrected chi connectivity index (χ2v) is 6.06. The zero-order valence-electron chi connectivity index (χ0n) is 12.4. The summed E-state index contributed by atoms with van der Waals surface area (Å²) in [5.41, 5.74) is 2.81. The van der Waals surface area contributed by atoms with Crippen molar-refractivity contribution < 1.29 is 0 Å². The normalized spacial score (nSPS) is 14.2. The summed E-state index contributed by atoms with van der Waals surface area (Å²) >= 11 is 1.71. The molecule has 0 saturated carbocycles. The molecular weight excluding hydrogens is 270 g/mol. The topological polar surface area (TPSA) is 57.8 Å². The third-order valence-corrected chi connectivity index (χ3v) is 4.09. The van der Waals surface area contributed by atoms with Gasteiger partial charge in [0.1, 0.15) is 5.82 Å². The second kappa shape index (κ2) is 6.33. The standard InChI is InChI=1S/C15H21N3OS/c1-9(7-13-5-6-20-8-13)16-10(2)14-11(3)17-12(4)18-15(14)19/h5-6,8-10,16H,7H2,1-4H3,(H,17,18,19). The van der Waals surface area contributed by atoms with Crippen LogP contribution in [-0.2, 0) is 6.42 Å². The number of nitrogens with zero attached hydrogens (tertiary/aromatic N) is 1. The van der Waals surface area contributed by atoms with Crippen molar-refractivity contribution in [1.29, 1.82) is 0 Å². The maximum atomic E-state index is 12.1. The number of hydrogen-bond donors (Lipinski definition) is 2. The van der Waals surface area contributed by atoms with Gasteiger partial charge in [-0.15, -0.1) is 0 Å². The molecule has 0 saturated heterocycles. The van der Waals surface area contributed by atoms with Crippen LogP contribution in [0, 0.1) is 13.8 Å². The van der Waals surface area contributed by atoms with Crippen LogP contribution in [0.4, 0.5) is 0 Å². The molecule has 108 valence electrons. The van der Waals surface area contributed by atoms with E-state index < -0.39 is 0 Å². The summed E-state index contributed by atoms with van der Waals surface area (Å²) in [5.74, 6) is 0.662. The van der Waals surface area contributed by atoms with E-state index in [0.29, 0.717) is 11.9 Å². The molecule has 2 aromatic heterocycles. The van der Waals surface area contributed by atoms with E-state index in [9.17, 15) is 4.79 Å². The average Bonchev–Trinajstić information content (AvgIpc) is 2.79. The molecule has 0 radical (unpaired) electrons. The molecule has 2 heterocycles. The fourth-order valence-corrected chi connectivity index (χ4v) is 3.26. The number of hydrogen-bond acceptors (Lipinski definition) is 4. The van der Waals surface area contributed by atoms with E-state index in [2.05, 4.69) is 39.0 Å². The van der Waals surface area contributed by atoms with Gasteiger partial charge in [-0.2, -0.15) is 11.3 Å². The predicted molar refractivity (Wildman–Crippen MR) is 83.4 cm³/mol. The maximum Gasteiger partial charge on any atom is 0.255 e. The molecule has 2 unspecified atom stereocenters. The van der Waals surface area contributed by atoms with Gasteiger partial charge in [-0.3, -0.25) is 4.79 Å². The van der Waals surface area contributed by atoms with Crippen molar-refractivity contribution in [1.82, 2.24) is 15.3 Å². The fourth-order valence-electron chi connectivity index (χ4n) is 2.58. The number of aryl methyl sites for hydroxylation is 2. The first-order valence-electron chi connectivity index (χ1n) is 6.82. The molecule has 0 spiro atoms. The van der Waals surface area contributed by atoms with Crippen molar-refractivity contribution in [3.05, 3.63) is 49.8 Å². The minimum absolute atomic E-state index is 0.0134. The van der Waals surface area contributed by atoms with Crippen LogP contribution in [0.15, 0.2) is 21.6 Å². The van der Waals surface area contributed by atoms with Crippen molar-refractivity contribution >= 4 is 11.3 Å². The third kappa shape index (κ3) is 3.55. The zero-order chi connectivity index (χ0) is 14.7. The van der Waals surface area contributed by atoms with Gasteiger partial charge in [-0.05, 0) is 56.5 Å². The van der Waals surface area contributed by atoms with Gasteiger partial charge in [0.05, 0.1) is 5.56 Å². The largest absolute Gasteiger partial charge is 0.310 e. The number of nitrogens with one attached hydrogen (secondary N) is 2. The quantitative estimate of drug-likeness (QED) is 0.890. The highest BCUT2D eigenvalue weighted by atomic mass is 32.1. The van der Waals surface area contributed by atoms with E-state index in [-0.39, 0.29) is 11.6 Å². The van der Waals surface area contributed by atoms with Gasteiger partial charge in [0.2, 0.25) is 0 Å². The van der Waals surface area contributed by atoms with Crippen LogP contribution in [-0.4, -0.2) is 16.0 Å². The Morgan fingerprint density at radius 1 is 1.40 bits per heavy atom. The number of rotatable bonds is 5. The molecule has 2 N–H and O–H groups in total. The molecule has 2 rings (SSSR count). The first-order chi connectivity index (χ1) is 9.47. The van der Waals surface area contributed by atoms with Crippen molar-refractivity contribution in [2.24, 2.45) is 0 Å². The molecule has 0 aromatic carbocycles. The molecule has 0 fully saturated rings. The highest BCUT2D eigenvalue weighted by Crippen LogP contribution is 2.14. The lowest BCUT2D eigenvalue weighted by atomic mass is 10.1. The van der Waals surface area contributed by atoms with Crippen molar-refractivity contribution in [2.45, 2.75) is 46.2 Å². The van der Waals surface area contributed by atoms with E-state index >= 15 is 0 Å². The fraction of sp³-hybridized carbons (Fsp3) is 0.467. The lowest BCUT2D eigenvalue weighted by Gasteiger charge is -2.20. The molecule has 4 nitrogen and oxygen atoms in total. The number of thiophene rings is 1. The summed E-state index contributed by atoms with van der Waals surface area (Å²) in [5, 5.41) is 7.73. The van der Waals surface area contributed by atoms with Crippen LogP contribution >= 0.6 is 11.3 Å². The Morgan fingerprint density at radius 2 is 2.15 bits per heavy atom. The van der Waals surface area contributed by atoms with Crippen molar-refractivity contribution in [3.8, 4) is 0 Å². The Hall–Kier alpha value is -1.46.